The Kier molecular flexibility index (Phi) is 6.12. The van der Waals surface area contributed by atoms with Gasteiger partial charge in [0.05, 0.1) is 0 Å². The van der Waals surface area contributed by atoms with Gasteiger partial charge >= 0.3 is 0 Å². The minimum absolute atomic E-state index is 0.870. The molecule has 0 saturated heterocycles. The highest BCUT2D eigenvalue weighted by atomic mass is 14.8. The summed E-state index contributed by atoms with van der Waals surface area (Å²) in [5, 5.41) is 10.9. The van der Waals surface area contributed by atoms with Gasteiger partial charge in [0.1, 0.15) is 0 Å². The Bertz CT molecular complexity index is 2180. The first-order chi connectivity index (χ1) is 21.2. The molecule has 7 aromatic rings. The number of aromatic nitrogens is 1. The van der Waals surface area contributed by atoms with Crippen LogP contribution < -0.4 is 5.32 Å². The maximum absolute atomic E-state index is 4.62. The van der Waals surface area contributed by atoms with Gasteiger partial charge in [-0.1, -0.05) is 109 Å². The molecule has 43 heavy (non-hydrogen) atoms. The minimum Gasteiger partial charge on any atom is -0.387 e. The SMILES string of the molecule is CC1=CCNC=C1c1cncc(-c2ccc3ccc(-c4c5ccccc5c(-c5ccccc5)c5ccccc45)cc3c2)c1. The van der Waals surface area contributed by atoms with Gasteiger partial charge in [0.25, 0.3) is 0 Å². The maximum atomic E-state index is 4.62. The van der Waals surface area contributed by atoms with Gasteiger partial charge in [-0.05, 0) is 90.8 Å². The third-order valence-electron chi connectivity index (χ3n) is 8.70. The molecule has 0 atom stereocenters. The zero-order valence-electron chi connectivity index (χ0n) is 24.0. The van der Waals surface area contributed by atoms with E-state index in [0.717, 1.165) is 17.7 Å². The molecule has 0 spiro atoms. The number of rotatable bonds is 4. The Morgan fingerprint density at radius 3 is 1.77 bits per heavy atom. The summed E-state index contributed by atoms with van der Waals surface area (Å²) < 4.78 is 0. The van der Waals surface area contributed by atoms with Crippen molar-refractivity contribution in [2.24, 2.45) is 0 Å². The Balaban J connectivity index is 1.31. The highest BCUT2D eigenvalue weighted by Crippen LogP contribution is 2.44. The van der Waals surface area contributed by atoms with Crippen molar-refractivity contribution in [2.45, 2.75) is 6.92 Å². The molecule has 0 radical (unpaired) electrons. The van der Waals surface area contributed by atoms with Gasteiger partial charge in [-0.3, -0.25) is 4.98 Å². The van der Waals surface area contributed by atoms with Crippen LogP contribution in [0.2, 0.25) is 0 Å². The number of pyridine rings is 1. The van der Waals surface area contributed by atoms with E-state index < -0.39 is 0 Å². The van der Waals surface area contributed by atoms with Gasteiger partial charge in [0.2, 0.25) is 0 Å². The second kappa shape index (κ2) is 10.4. The molecule has 1 aromatic heterocycles. The molecule has 8 rings (SSSR count). The normalized spacial score (nSPS) is 13.1. The third kappa shape index (κ3) is 4.40. The van der Waals surface area contributed by atoms with Crippen molar-refractivity contribution in [1.29, 1.82) is 0 Å². The molecule has 1 aliphatic heterocycles. The average molecular weight is 551 g/mol. The Morgan fingerprint density at radius 2 is 1.09 bits per heavy atom. The number of dihydropyridines is 1. The summed E-state index contributed by atoms with van der Waals surface area (Å²) in [5.74, 6) is 0. The van der Waals surface area contributed by atoms with Gasteiger partial charge in [-0.25, -0.2) is 0 Å². The lowest BCUT2D eigenvalue weighted by Crippen LogP contribution is -2.11. The molecule has 2 heteroatoms. The van der Waals surface area contributed by atoms with Crippen molar-refractivity contribution in [3.05, 3.63) is 157 Å². The van der Waals surface area contributed by atoms with Crippen LogP contribution in [0.5, 0.6) is 0 Å². The van der Waals surface area contributed by atoms with Crippen LogP contribution >= 0.6 is 0 Å². The molecule has 1 aliphatic rings. The smallest absolute Gasteiger partial charge is 0.0347 e. The number of hydrogen-bond acceptors (Lipinski definition) is 2. The van der Waals surface area contributed by atoms with Gasteiger partial charge in [0, 0.05) is 41.8 Å². The lowest BCUT2D eigenvalue weighted by atomic mass is 9.85. The second-order valence-electron chi connectivity index (χ2n) is 11.3. The quantitative estimate of drug-likeness (QED) is 0.221. The van der Waals surface area contributed by atoms with Crippen LogP contribution in [-0.4, -0.2) is 11.5 Å². The number of hydrogen-bond donors (Lipinski definition) is 1. The summed E-state index contributed by atoms with van der Waals surface area (Å²) in [6, 6.07) is 44.3. The largest absolute Gasteiger partial charge is 0.387 e. The van der Waals surface area contributed by atoms with Crippen LogP contribution in [0.3, 0.4) is 0 Å². The van der Waals surface area contributed by atoms with E-state index in [1.807, 2.05) is 12.4 Å². The molecule has 0 aliphatic carbocycles. The summed E-state index contributed by atoms with van der Waals surface area (Å²) in [6.07, 6.45) is 8.24. The summed E-state index contributed by atoms with van der Waals surface area (Å²) >= 11 is 0. The molecular formula is C41H30N2. The predicted molar refractivity (Wildman–Crippen MR) is 183 cm³/mol. The molecule has 2 nitrogen and oxygen atoms in total. The maximum Gasteiger partial charge on any atom is 0.0347 e. The topological polar surface area (TPSA) is 24.9 Å². The fraction of sp³-hybridized carbons (Fsp3) is 0.0488. The number of fused-ring (bicyclic) bond motifs is 3. The van der Waals surface area contributed by atoms with Crippen LogP contribution in [-0.2, 0) is 0 Å². The van der Waals surface area contributed by atoms with Crippen molar-refractivity contribution >= 4 is 37.9 Å². The summed E-state index contributed by atoms with van der Waals surface area (Å²) in [5.41, 5.74) is 10.9. The van der Waals surface area contributed by atoms with Crippen molar-refractivity contribution in [1.82, 2.24) is 10.3 Å². The first-order valence-electron chi connectivity index (χ1n) is 14.8. The monoisotopic (exact) mass is 550 g/mol. The van der Waals surface area contributed by atoms with Crippen LogP contribution in [0.4, 0.5) is 0 Å². The molecule has 2 heterocycles. The van der Waals surface area contributed by atoms with Gasteiger partial charge < -0.3 is 5.32 Å². The molecule has 0 amide bonds. The zero-order valence-corrected chi connectivity index (χ0v) is 24.0. The fourth-order valence-electron chi connectivity index (χ4n) is 6.59. The minimum atomic E-state index is 0.870. The van der Waals surface area contributed by atoms with E-state index >= 15 is 0 Å². The highest BCUT2D eigenvalue weighted by molar-refractivity contribution is 6.21. The zero-order chi connectivity index (χ0) is 28.8. The van der Waals surface area contributed by atoms with Crippen LogP contribution in [0.25, 0.3) is 71.3 Å². The molecule has 1 N–H and O–H groups in total. The molecule has 0 bridgehead atoms. The first kappa shape index (κ1) is 25.3. The summed E-state index contributed by atoms with van der Waals surface area (Å²) in [7, 11) is 0. The van der Waals surface area contributed by atoms with Crippen molar-refractivity contribution in [2.75, 3.05) is 6.54 Å². The van der Waals surface area contributed by atoms with Crippen molar-refractivity contribution in [3.63, 3.8) is 0 Å². The molecule has 0 fully saturated rings. The number of nitrogens with zero attached hydrogens (tertiary/aromatic N) is 1. The summed E-state index contributed by atoms with van der Waals surface area (Å²) in [6.45, 7) is 3.03. The van der Waals surface area contributed by atoms with Gasteiger partial charge in [-0.15, -0.1) is 0 Å². The lowest BCUT2D eigenvalue weighted by Gasteiger charge is -2.18. The molecular weight excluding hydrogens is 520 g/mol. The third-order valence-corrected chi connectivity index (χ3v) is 8.70. The lowest BCUT2D eigenvalue weighted by molar-refractivity contribution is 0.963. The average Bonchev–Trinajstić information content (AvgIpc) is 3.07. The second-order valence-corrected chi connectivity index (χ2v) is 11.3. The molecule has 0 saturated carbocycles. The number of nitrogens with one attached hydrogen (secondary N) is 1. The van der Waals surface area contributed by atoms with Crippen LogP contribution in [0, 0.1) is 0 Å². The van der Waals surface area contributed by atoms with E-state index in [1.54, 1.807) is 0 Å². The number of benzene rings is 6. The van der Waals surface area contributed by atoms with E-state index in [9.17, 15) is 0 Å². The standard InChI is InChI=1S/C41H30N2/c1-27-19-20-42-26-39(27)34-23-33(24-43-25-34)30-17-15-28-16-18-31(22-32(28)21-30)41-37-13-7-5-11-35(37)40(29-9-3-2-4-10-29)36-12-6-8-14-38(36)41/h2-19,21-26,42H,20H2,1H3. The summed E-state index contributed by atoms with van der Waals surface area (Å²) in [4.78, 5) is 4.62. The van der Waals surface area contributed by atoms with Gasteiger partial charge in [0.15, 0.2) is 0 Å². The van der Waals surface area contributed by atoms with Crippen LogP contribution in [0.1, 0.15) is 12.5 Å². The van der Waals surface area contributed by atoms with E-state index in [1.165, 1.54) is 71.3 Å². The number of allylic oxidation sites excluding steroid dienone is 2. The molecule has 204 valence electrons. The Hall–Kier alpha value is -5.47. The first-order valence-corrected chi connectivity index (χ1v) is 14.8. The van der Waals surface area contributed by atoms with E-state index in [4.69, 9.17) is 0 Å². The van der Waals surface area contributed by atoms with Crippen LogP contribution in [0.15, 0.2) is 152 Å². The van der Waals surface area contributed by atoms with E-state index in [2.05, 4.69) is 151 Å². The molecule has 6 aromatic carbocycles. The fourth-order valence-corrected chi connectivity index (χ4v) is 6.59. The van der Waals surface area contributed by atoms with Crippen molar-refractivity contribution in [3.8, 4) is 33.4 Å². The van der Waals surface area contributed by atoms with Crippen molar-refractivity contribution < 1.29 is 0 Å². The highest BCUT2D eigenvalue weighted by Gasteiger charge is 2.17. The molecule has 0 unspecified atom stereocenters. The Morgan fingerprint density at radius 1 is 0.512 bits per heavy atom. The predicted octanol–water partition coefficient (Wildman–Crippen LogP) is 10.4. The van der Waals surface area contributed by atoms with Gasteiger partial charge in [-0.2, -0.15) is 0 Å². The van der Waals surface area contributed by atoms with E-state index in [-0.39, 0.29) is 0 Å². The Labute approximate surface area is 251 Å². The van der Waals surface area contributed by atoms with E-state index in [0.29, 0.717) is 0 Å².